The molecule has 0 bridgehead atoms. The molecule has 3 N–H and O–H groups in total. The molecule has 132 valence electrons. The number of aliphatic carboxylic acids is 1. The molecule has 1 aromatic carbocycles. The zero-order chi connectivity index (χ0) is 18.6. The highest BCUT2D eigenvalue weighted by Crippen LogP contribution is 2.32. The van der Waals surface area contributed by atoms with Crippen molar-refractivity contribution in [2.24, 2.45) is 0 Å². The molecule has 1 heterocycles. The van der Waals surface area contributed by atoms with E-state index >= 15 is 0 Å². The number of carbonyl (C=O) groups is 3. The number of hydrogen-bond donors (Lipinski definition) is 3. The van der Waals surface area contributed by atoms with E-state index in [9.17, 15) is 19.5 Å². The van der Waals surface area contributed by atoms with Crippen LogP contribution in [0.25, 0.3) is 6.08 Å². The first-order chi connectivity index (χ1) is 11.8. The minimum Gasteiger partial charge on any atom is -0.508 e. The average Bonchev–Trinajstić information content (AvgIpc) is 2.81. The third kappa shape index (κ3) is 5.04. The number of nitrogens with one attached hydrogen (secondary N) is 1. The minimum atomic E-state index is -1.13. The van der Waals surface area contributed by atoms with Crippen molar-refractivity contribution < 1.29 is 24.6 Å². The molecule has 0 saturated carbocycles. The van der Waals surface area contributed by atoms with Gasteiger partial charge in [0.2, 0.25) is 5.91 Å². The second-order valence-corrected chi connectivity index (χ2v) is 6.98. The van der Waals surface area contributed by atoms with E-state index in [-0.39, 0.29) is 24.6 Å². The largest absolute Gasteiger partial charge is 0.508 e. The maximum Gasteiger partial charge on any atom is 0.325 e. The Balaban J connectivity index is 1.98. The maximum atomic E-state index is 12.4. The molecule has 7 nitrogen and oxygen atoms in total. The summed E-state index contributed by atoms with van der Waals surface area (Å²) in [5, 5.41) is 20.4. The van der Waals surface area contributed by atoms with E-state index in [2.05, 4.69) is 5.32 Å². The van der Waals surface area contributed by atoms with Crippen LogP contribution in [-0.2, 0) is 14.4 Å². The first-order valence-corrected chi connectivity index (χ1v) is 8.57. The molecule has 2 rings (SSSR count). The third-order valence-corrected chi connectivity index (χ3v) is 4.75. The number of carboxylic acid groups (broad SMARTS) is 1. The smallest absolute Gasteiger partial charge is 0.325 e. The summed E-state index contributed by atoms with van der Waals surface area (Å²) in [6.07, 6.45) is 1.61. The summed E-state index contributed by atoms with van der Waals surface area (Å²) in [5.74, 6) is -1.77. The van der Waals surface area contributed by atoms with Crippen molar-refractivity contribution in [1.82, 2.24) is 10.2 Å². The summed E-state index contributed by atoms with van der Waals surface area (Å²) in [6.45, 7) is 1.44. The topological polar surface area (TPSA) is 107 Å². The van der Waals surface area contributed by atoms with Crippen LogP contribution in [0.1, 0.15) is 18.9 Å². The van der Waals surface area contributed by atoms with Gasteiger partial charge in [-0.3, -0.25) is 19.3 Å². The Labute approximate surface area is 153 Å². The van der Waals surface area contributed by atoms with Crippen molar-refractivity contribution in [1.29, 1.82) is 0 Å². The van der Waals surface area contributed by atoms with Crippen LogP contribution in [0.3, 0.4) is 0 Å². The van der Waals surface area contributed by atoms with Crippen LogP contribution in [-0.4, -0.2) is 49.8 Å². The van der Waals surface area contributed by atoms with E-state index < -0.39 is 17.9 Å². The number of amides is 2. The second kappa shape index (κ2) is 8.13. The molecule has 1 atom stereocenters. The number of phenols is 1. The van der Waals surface area contributed by atoms with Gasteiger partial charge in [0.1, 0.15) is 16.1 Å². The van der Waals surface area contributed by atoms with Gasteiger partial charge >= 0.3 is 5.97 Å². The zero-order valence-electron chi connectivity index (χ0n) is 13.3. The van der Waals surface area contributed by atoms with E-state index in [1.165, 1.54) is 24.0 Å². The summed E-state index contributed by atoms with van der Waals surface area (Å²) < 4.78 is 0.342. The minimum absolute atomic E-state index is 0.0451. The fourth-order valence-corrected chi connectivity index (χ4v) is 3.31. The van der Waals surface area contributed by atoms with Gasteiger partial charge in [-0.1, -0.05) is 36.1 Å². The lowest BCUT2D eigenvalue weighted by Gasteiger charge is -2.15. The maximum absolute atomic E-state index is 12.4. The summed E-state index contributed by atoms with van der Waals surface area (Å²) in [4.78, 5) is 36.6. The van der Waals surface area contributed by atoms with Gasteiger partial charge in [-0.15, -0.1) is 0 Å². The molecule has 1 aliphatic heterocycles. The lowest BCUT2D eigenvalue weighted by molar-refractivity contribution is -0.141. The highest BCUT2D eigenvalue weighted by molar-refractivity contribution is 8.26. The van der Waals surface area contributed by atoms with Crippen molar-refractivity contribution in [2.75, 3.05) is 6.54 Å². The van der Waals surface area contributed by atoms with Crippen LogP contribution in [0.4, 0.5) is 0 Å². The molecule has 0 radical (unpaired) electrons. The highest BCUT2D eigenvalue weighted by Gasteiger charge is 2.32. The van der Waals surface area contributed by atoms with Crippen molar-refractivity contribution in [3.8, 4) is 5.75 Å². The SMILES string of the molecule is CC(NC(=O)CCN1C(=O)/C(=C/c2ccc(O)cc2)SC1=S)C(=O)O. The van der Waals surface area contributed by atoms with Crippen molar-refractivity contribution in [3.05, 3.63) is 34.7 Å². The van der Waals surface area contributed by atoms with Gasteiger partial charge in [0.05, 0.1) is 4.91 Å². The van der Waals surface area contributed by atoms with E-state index in [1.807, 2.05) is 0 Å². The van der Waals surface area contributed by atoms with E-state index in [1.54, 1.807) is 18.2 Å². The van der Waals surface area contributed by atoms with Crippen LogP contribution in [0.5, 0.6) is 5.75 Å². The third-order valence-electron chi connectivity index (χ3n) is 3.37. The van der Waals surface area contributed by atoms with Crippen LogP contribution in [0.2, 0.25) is 0 Å². The van der Waals surface area contributed by atoms with Gasteiger partial charge in [0.25, 0.3) is 5.91 Å². The Morgan fingerprint density at radius 3 is 2.60 bits per heavy atom. The molecule has 0 aliphatic carbocycles. The van der Waals surface area contributed by atoms with Gasteiger partial charge < -0.3 is 15.5 Å². The van der Waals surface area contributed by atoms with E-state index in [0.29, 0.717) is 9.23 Å². The Morgan fingerprint density at radius 1 is 1.36 bits per heavy atom. The number of thioether (sulfide) groups is 1. The van der Waals surface area contributed by atoms with E-state index in [0.717, 1.165) is 17.3 Å². The van der Waals surface area contributed by atoms with Crippen LogP contribution in [0, 0.1) is 0 Å². The summed E-state index contributed by atoms with van der Waals surface area (Å²) in [7, 11) is 0. The lowest BCUT2D eigenvalue weighted by Crippen LogP contribution is -2.40. The molecule has 0 spiro atoms. The molecule has 1 saturated heterocycles. The van der Waals surface area contributed by atoms with Crippen molar-refractivity contribution in [3.63, 3.8) is 0 Å². The number of thiocarbonyl (C=S) groups is 1. The van der Waals surface area contributed by atoms with Crippen LogP contribution < -0.4 is 5.32 Å². The molecule has 1 fully saturated rings. The van der Waals surface area contributed by atoms with Crippen LogP contribution >= 0.6 is 24.0 Å². The summed E-state index contributed by atoms with van der Waals surface area (Å²) >= 11 is 6.31. The molecule has 1 unspecified atom stereocenters. The molecule has 0 aromatic heterocycles. The van der Waals surface area contributed by atoms with Gasteiger partial charge in [0.15, 0.2) is 0 Å². The first kappa shape index (κ1) is 18.9. The monoisotopic (exact) mass is 380 g/mol. The van der Waals surface area contributed by atoms with E-state index in [4.69, 9.17) is 17.3 Å². The number of benzene rings is 1. The predicted octanol–water partition coefficient (Wildman–Crippen LogP) is 1.57. The Hall–Kier alpha value is -2.39. The number of aromatic hydroxyl groups is 1. The Bertz CT molecular complexity index is 745. The molecule has 1 aromatic rings. The number of carbonyl (C=O) groups excluding carboxylic acids is 2. The quantitative estimate of drug-likeness (QED) is 0.508. The lowest BCUT2D eigenvalue weighted by atomic mass is 10.2. The first-order valence-electron chi connectivity index (χ1n) is 7.34. The van der Waals surface area contributed by atoms with Gasteiger partial charge in [-0.2, -0.15) is 0 Å². The van der Waals surface area contributed by atoms with Crippen molar-refractivity contribution >= 4 is 52.2 Å². The summed E-state index contributed by atoms with van der Waals surface area (Å²) in [6, 6.07) is 5.37. The second-order valence-electron chi connectivity index (χ2n) is 5.30. The van der Waals surface area contributed by atoms with Crippen molar-refractivity contribution in [2.45, 2.75) is 19.4 Å². The molecular formula is C16H16N2O5S2. The Morgan fingerprint density at radius 2 is 2.00 bits per heavy atom. The normalized spacial score (nSPS) is 17.0. The van der Waals surface area contributed by atoms with Gasteiger partial charge in [-0.05, 0) is 30.7 Å². The van der Waals surface area contributed by atoms with Crippen LogP contribution in [0.15, 0.2) is 29.2 Å². The fraction of sp³-hybridized carbons (Fsp3) is 0.250. The van der Waals surface area contributed by atoms with Gasteiger partial charge in [-0.25, -0.2) is 0 Å². The fourth-order valence-electron chi connectivity index (χ4n) is 2.00. The Kier molecular flexibility index (Phi) is 6.16. The average molecular weight is 380 g/mol. The van der Waals surface area contributed by atoms with Gasteiger partial charge in [0, 0.05) is 13.0 Å². The number of rotatable bonds is 6. The molecule has 1 aliphatic rings. The number of nitrogens with zero attached hydrogens (tertiary/aromatic N) is 1. The zero-order valence-corrected chi connectivity index (χ0v) is 14.9. The molecular weight excluding hydrogens is 364 g/mol. The number of hydrogen-bond acceptors (Lipinski definition) is 6. The highest BCUT2D eigenvalue weighted by atomic mass is 32.2. The molecule has 2 amide bonds. The standard InChI is InChI=1S/C16H16N2O5S2/c1-9(15(22)23)17-13(20)6-7-18-14(21)12(25-16(18)24)8-10-2-4-11(19)5-3-10/h2-5,8-9,19H,6-7H2,1H3,(H,17,20)(H,22,23)/b12-8-. The predicted molar refractivity (Wildman–Crippen MR) is 97.8 cm³/mol. The molecule has 9 heteroatoms. The number of carboxylic acids is 1. The molecule has 25 heavy (non-hydrogen) atoms. The number of phenolic OH excluding ortho intramolecular Hbond substituents is 1. The summed E-state index contributed by atoms with van der Waals surface area (Å²) in [5.41, 5.74) is 0.742.